The quantitative estimate of drug-likeness (QED) is 0.777. The lowest BCUT2D eigenvalue weighted by molar-refractivity contribution is -0.143. The van der Waals surface area contributed by atoms with E-state index in [0.29, 0.717) is 6.42 Å². The van der Waals surface area contributed by atoms with E-state index >= 15 is 0 Å². The molecule has 2 rings (SSSR count). The van der Waals surface area contributed by atoms with Crippen LogP contribution < -0.4 is 0 Å². The van der Waals surface area contributed by atoms with Gasteiger partial charge in [0.25, 0.3) is 0 Å². The number of hydrogen-bond acceptors (Lipinski definition) is 3. The minimum atomic E-state index is -0.664. The number of carboxylic acid groups (broad SMARTS) is 1. The summed E-state index contributed by atoms with van der Waals surface area (Å²) in [7, 11) is 0. The number of aliphatic carboxylic acids is 1. The van der Waals surface area contributed by atoms with E-state index in [0.717, 1.165) is 38.6 Å². The molecule has 0 aromatic carbocycles. The van der Waals surface area contributed by atoms with Crippen molar-refractivity contribution < 1.29 is 9.90 Å². The second-order valence-corrected chi connectivity index (χ2v) is 4.92. The van der Waals surface area contributed by atoms with Gasteiger partial charge < -0.3 is 5.11 Å². The van der Waals surface area contributed by atoms with Crippen molar-refractivity contribution in [1.29, 1.82) is 0 Å². The van der Waals surface area contributed by atoms with Gasteiger partial charge in [-0.3, -0.25) is 14.6 Å². The van der Waals surface area contributed by atoms with Gasteiger partial charge in [-0.05, 0) is 32.2 Å². The van der Waals surface area contributed by atoms with E-state index in [2.05, 4.69) is 9.80 Å². The first-order chi connectivity index (χ1) is 7.72. The second kappa shape index (κ2) is 5.15. The van der Waals surface area contributed by atoms with Gasteiger partial charge in [-0.15, -0.1) is 0 Å². The number of carbonyl (C=O) groups is 1. The molecular weight excluding hydrogens is 204 g/mol. The summed E-state index contributed by atoms with van der Waals surface area (Å²) in [6.45, 7) is 6.02. The van der Waals surface area contributed by atoms with Gasteiger partial charge in [0, 0.05) is 25.7 Å². The van der Waals surface area contributed by atoms with Crippen molar-refractivity contribution in [1.82, 2.24) is 9.80 Å². The van der Waals surface area contributed by atoms with Crippen LogP contribution in [0, 0.1) is 0 Å². The Balaban J connectivity index is 1.88. The molecule has 16 heavy (non-hydrogen) atoms. The highest BCUT2D eigenvalue weighted by Crippen LogP contribution is 2.27. The highest BCUT2D eigenvalue weighted by molar-refractivity contribution is 5.73. The molecular formula is C12H22N2O2. The Hall–Kier alpha value is -0.610. The standard InChI is InChI=1S/C12H22N2O2/c1-2-11(12(15)16)14-7-3-6-13(8-9-14)10-4-5-10/h10-11H,2-9H2,1H3,(H,15,16). The van der Waals surface area contributed by atoms with Crippen molar-refractivity contribution in [3.05, 3.63) is 0 Å². The lowest BCUT2D eigenvalue weighted by Crippen LogP contribution is -2.43. The van der Waals surface area contributed by atoms with Gasteiger partial charge in [0.15, 0.2) is 0 Å². The lowest BCUT2D eigenvalue weighted by Gasteiger charge is -2.26. The van der Waals surface area contributed by atoms with Crippen LogP contribution in [-0.4, -0.2) is 59.1 Å². The predicted molar refractivity (Wildman–Crippen MR) is 62.5 cm³/mol. The third-order valence-electron chi connectivity index (χ3n) is 3.74. The van der Waals surface area contributed by atoms with E-state index < -0.39 is 5.97 Å². The van der Waals surface area contributed by atoms with Crippen molar-refractivity contribution in [3.8, 4) is 0 Å². The van der Waals surface area contributed by atoms with Crippen LogP contribution in [0.3, 0.4) is 0 Å². The van der Waals surface area contributed by atoms with Crippen LogP contribution in [0.25, 0.3) is 0 Å². The van der Waals surface area contributed by atoms with Crippen LogP contribution in [0.2, 0.25) is 0 Å². The molecule has 1 N–H and O–H groups in total. The summed E-state index contributed by atoms with van der Waals surface area (Å²) in [4.78, 5) is 15.8. The molecule has 1 saturated carbocycles. The normalized spacial score (nSPS) is 26.3. The largest absolute Gasteiger partial charge is 0.480 e. The molecule has 0 aromatic rings. The zero-order valence-electron chi connectivity index (χ0n) is 10.1. The number of carboxylic acids is 1. The molecule has 92 valence electrons. The fraction of sp³-hybridized carbons (Fsp3) is 0.917. The molecule has 1 aliphatic carbocycles. The molecule has 0 bridgehead atoms. The van der Waals surface area contributed by atoms with Crippen LogP contribution >= 0.6 is 0 Å². The van der Waals surface area contributed by atoms with E-state index in [1.807, 2.05) is 6.92 Å². The topological polar surface area (TPSA) is 43.8 Å². The maximum absolute atomic E-state index is 11.1. The van der Waals surface area contributed by atoms with Crippen molar-refractivity contribution in [2.75, 3.05) is 26.2 Å². The van der Waals surface area contributed by atoms with Gasteiger partial charge in [-0.2, -0.15) is 0 Å². The SMILES string of the molecule is CCC(C(=O)O)N1CCCN(C2CC2)CC1. The first-order valence-electron chi connectivity index (χ1n) is 6.43. The fourth-order valence-corrected chi connectivity index (χ4v) is 2.66. The van der Waals surface area contributed by atoms with Crippen LogP contribution in [0.15, 0.2) is 0 Å². The summed E-state index contributed by atoms with van der Waals surface area (Å²) in [5.41, 5.74) is 0. The number of rotatable bonds is 4. The van der Waals surface area contributed by atoms with Crippen LogP contribution in [0.4, 0.5) is 0 Å². The molecule has 0 aromatic heterocycles. The third kappa shape index (κ3) is 2.74. The minimum Gasteiger partial charge on any atom is -0.480 e. The van der Waals surface area contributed by atoms with Crippen molar-refractivity contribution in [2.24, 2.45) is 0 Å². The number of hydrogen-bond donors (Lipinski definition) is 1. The van der Waals surface area contributed by atoms with E-state index in [-0.39, 0.29) is 6.04 Å². The Morgan fingerprint density at radius 1 is 1.31 bits per heavy atom. The molecule has 1 saturated heterocycles. The Morgan fingerprint density at radius 3 is 2.62 bits per heavy atom. The summed E-state index contributed by atoms with van der Waals surface area (Å²) in [5, 5.41) is 9.15. The van der Waals surface area contributed by atoms with Crippen molar-refractivity contribution in [3.63, 3.8) is 0 Å². The van der Waals surface area contributed by atoms with E-state index in [9.17, 15) is 4.79 Å². The molecule has 1 atom stereocenters. The average molecular weight is 226 g/mol. The molecule has 2 fully saturated rings. The fourth-order valence-electron chi connectivity index (χ4n) is 2.66. The van der Waals surface area contributed by atoms with E-state index in [1.165, 1.54) is 12.8 Å². The first kappa shape index (κ1) is 11.9. The monoisotopic (exact) mass is 226 g/mol. The summed E-state index contributed by atoms with van der Waals surface area (Å²) in [5.74, 6) is -0.664. The summed E-state index contributed by atoms with van der Waals surface area (Å²) < 4.78 is 0. The van der Waals surface area contributed by atoms with Crippen LogP contribution in [-0.2, 0) is 4.79 Å². The number of nitrogens with zero attached hydrogens (tertiary/aromatic N) is 2. The Labute approximate surface area is 97.2 Å². The molecule has 4 heteroatoms. The summed E-state index contributed by atoms with van der Waals surface area (Å²) in [6.07, 6.45) is 4.51. The van der Waals surface area contributed by atoms with Gasteiger partial charge in [-0.1, -0.05) is 6.92 Å². The molecule has 0 radical (unpaired) electrons. The van der Waals surface area contributed by atoms with Gasteiger partial charge >= 0.3 is 5.97 Å². The van der Waals surface area contributed by atoms with Gasteiger partial charge in [-0.25, -0.2) is 0 Å². The maximum Gasteiger partial charge on any atom is 0.320 e. The Bertz CT molecular complexity index is 253. The van der Waals surface area contributed by atoms with E-state index in [4.69, 9.17) is 5.11 Å². The van der Waals surface area contributed by atoms with Crippen molar-refractivity contribution >= 4 is 5.97 Å². The highest BCUT2D eigenvalue weighted by atomic mass is 16.4. The maximum atomic E-state index is 11.1. The van der Waals surface area contributed by atoms with Crippen molar-refractivity contribution in [2.45, 2.75) is 44.7 Å². The molecule has 0 amide bonds. The molecule has 1 heterocycles. The molecule has 0 spiro atoms. The molecule has 1 aliphatic heterocycles. The predicted octanol–water partition coefficient (Wildman–Crippen LogP) is 1.02. The minimum absolute atomic E-state index is 0.279. The Kier molecular flexibility index (Phi) is 3.82. The zero-order chi connectivity index (χ0) is 11.5. The van der Waals surface area contributed by atoms with Crippen LogP contribution in [0.5, 0.6) is 0 Å². The molecule has 4 nitrogen and oxygen atoms in total. The lowest BCUT2D eigenvalue weighted by atomic mass is 10.2. The summed E-state index contributed by atoms with van der Waals surface area (Å²) in [6, 6.07) is 0.531. The van der Waals surface area contributed by atoms with Gasteiger partial charge in [0.2, 0.25) is 0 Å². The molecule has 1 unspecified atom stereocenters. The zero-order valence-corrected chi connectivity index (χ0v) is 10.1. The van der Waals surface area contributed by atoms with Gasteiger partial charge in [0.1, 0.15) is 6.04 Å². The molecule has 2 aliphatic rings. The highest BCUT2D eigenvalue weighted by Gasteiger charge is 2.32. The summed E-state index contributed by atoms with van der Waals surface area (Å²) >= 11 is 0. The first-order valence-corrected chi connectivity index (χ1v) is 6.43. The third-order valence-corrected chi connectivity index (χ3v) is 3.74. The Morgan fingerprint density at radius 2 is 2.06 bits per heavy atom. The second-order valence-electron chi connectivity index (χ2n) is 4.92. The van der Waals surface area contributed by atoms with Gasteiger partial charge in [0.05, 0.1) is 0 Å². The smallest absolute Gasteiger partial charge is 0.320 e. The average Bonchev–Trinajstić information content (AvgIpc) is 3.04. The van der Waals surface area contributed by atoms with E-state index in [1.54, 1.807) is 0 Å². The van der Waals surface area contributed by atoms with Crippen LogP contribution in [0.1, 0.15) is 32.6 Å².